The van der Waals surface area contributed by atoms with Gasteiger partial charge in [-0.15, -0.1) is 0 Å². The average molecular weight is 425 g/mol. The maximum Gasteiger partial charge on any atom is 0.328 e. The van der Waals surface area contributed by atoms with Crippen molar-refractivity contribution >= 4 is 23.5 Å². The maximum absolute atomic E-state index is 12.4. The van der Waals surface area contributed by atoms with Crippen molar-refractivity contribution in [1.82, 2.24) is 10.3 Å². The lowest BCUT2D eigenvalue weighted by Gasteiger charge is -2.30. The molecule has 1 aromatic carbocycles. The summed E-state index contributed by atoms with van der Waals surface area (Å²) in [5, 5.41) is 14.6. The lowest BCUT2D eigenvalue weighted by atomic mass is 9.78. The quantitative estimate of drug-likeness (QED) is 0.566. The van der Waals surface area contributed by atoms with Crippen LogP contribution in [0.3, 0.4) is 0 Å². The van der Waals surface area contributed by atoms with E-state index >= 15 is 0 Å². The second kappa shape index (κ2) is 9.16. The Morgan fingerprint density at radius 1 is 1.00 bits per heavy atom. The van der Waals surface area contributed by atoms with Crippen LogP contribution in [-0.2, 0) is 9.59 Å². The smallest absolute Gasteiger partial charge is 0.328 e. The zero-order chi connectivity index (χ0) is 22.6. The fraction of sp³-hybridized carbons (Fsp3) is 0.391. The van der Waals surface area contributed by atoms with E-state index in [2.05, 4.69) is 15.6 Å². The Morgan fingerprint density at radius 2 is 1.65 bits per heavy atom. The molecule has 0 radical (unpaired) electrons. The number of aromatic nitrogens is 1. The second-order valence-electron chi connectivity index (χ2n) is 8.47. The number of aromatic amines is 1. The van der Waals surface area contributed by atoms with Gasteiger partial charge in [-0.3, -0.25) is 14.4 Å². The number of carbonyl (C=O) groups excluding carboxylic acids is 2. The highest BCUT2D eigenvalue weighted by atomic mass is 16.4. The summed E-state index contributed by atoms with van der Waals surface area (Å²) in [4.78, 5) is 49.7. The predicted octanol–water partition coefficient (Wildman–Crippen LogP) is 2.88. The van der Waals surface area contributed by atoms with E-state index in [0.717, 1.165) is 18.4 Å². The largest absolute Gasteiger partial charge is 0.480 e. The van der Waals surface area contributed by atoms with E-state index in [1.807, 2.05) is 24.3 Å². The van der Waals surface area contributed by atoms with Crippen molar-refractivity contribution in [2.24, 2.45) is 5.92 Å². The number of aliphatic carboxylic acids is 1. The van der Waals surface area contributed by atoms with Gasteiger partial charge >= 0.3 is 5.97 Å². The van der Waals surface area contributed by atoms with Crippen LogP contribution in [0.4, 0.5) is 5.69 Å². The van der Waals surface area contributed by atoms with Gasteiger partial charge in [0, 0.05) is 17.7 Å². The number of anilines is 1. The minimum absolute atomic E-state index is 0.179. The second-order valence-corrected chi connectivity index (χ2v) is 8.47. The van der Waals surface area contributed by atoms with E-state index in [9.17, 15) is 24.3 Å². The zero-order valence-corrected chi connectivity index (χ0v) is 17.6. The molecule has 0 spiro atoms. The molecule has 2 aromatic rings. The Bertz CT molecular complexity index is 1020. The minimum Gasteiger partial charge on any atom is -0.480 e. The van der Waals surface area contributed by atoms with E-state index in [-0.39, 0.29) is 29.0 Å². The Hall–Kier alpha value is -3.42. The van der Waals surface area contributed by atoms with Crippen LogP contribution >= 0.6 is 0 Å². The first kappa shape index (κ1) is 22.3. The molecule has 1 aliphatic rings. The lowest BCUT2D eigenvalue weighted by Crippen LogP contribution is -2.51. The van der Waals surface area contributed by atoms with Crippen LogP contribution in [0.1, 0.15) is 61.5 Å². The summed E-state index contributed by atoms with van der Waals surface area (Å²) in [5.74, 6) is -1.52. The number of benzene rings is 1. The summed E-state index contributed by atoms with van der Waals surface area (Å²) in [6.45, 7) is 2.96. The third kappa shape index (κ3) is 5.59. The van der Waals surface area contributed by atoms with Gasteiger partial charge in [0.2, 0.25) is 11.5 Å². The number of hydrogen-bond acceptors (Lipinski definition) is 4. The van der Waals surface area contributed by atoms with Crippen LogP contribution in [0, 0.1) is 5.92 Å². The van der Waals surface area contributed by atoms with E-state index < -0.39 is 11.5 Å². The standard InChI is InChI=1S/C23H27N3O5/c1-23(2,22(30)31)26-20(28)16-8-6-14(7-9-16)15-10-12-17(13-11-15)24-21(29)18-4-3-5-19(27)25-18/h3-5,10-14,16H,6-9H2,1-2H3,(H,24,29)(H,25,27)(H,26,28)(H,30,31). The van der Waals surface area contributed by atoms with Gasteiger partial charge in [0.25, 0.3) is 5.91 Å². The SMILES string of the molecule is CC(C)(NC(=O)C1CCC(c2ccc(NC(=O)c3cccc(=O)[nH]3)cc2)CC1)C(=O)O. The molecule has 4 N–H and O–H groups in total. The highest BCUT2D eigenvalue weighted by Gasteiger charge is 2.33. The molecule has 1 saturated carbocycles. The van der Waals surface area contributed by atoms with Crippen molar-refractivity contribution in [2.45, 2.75) is 51.0 Å². The number of nitrogens with one attached hydrogen (secondary N) is 3. The predicted molar refractivity (Wildman–Crippen MR) is 116 cm³/mol. The van der Waals surface area contributed by atoms with Gasteiger partial charge < -0.3 is 20.7 Å². The van der Waals surface area contributed by atoms with Crippen molar-refractivity contribution in [1.29, 1.82) is 0 Å². The highest BCUT2D eigenvalue weighted by Crippen LogP contribution is 2.36. The van der Waals surface area contributed by atoms with Crippen LogP contribution < -0.4 is 16.2 Å². The summed E-state index contributed by atoms with van der Waals surface area (Å²) >= 11 is 0. The minimum atomic E-state index is -1.28. The number of pyridine rings is 1. The highest BCUT2D eigenvalue weighted by molar-refractivity contribution is 6.02. The Kier molecular flexibility index (Phi) is 6.58. The summed E-state index contributed by atoms with van der Waals surface area (Å²) in [6, 6.07) is 12.0. The zero-order valence-electron chi connectivity index (χ0n) is 17.6. The molecule has 0 saturated heterocycles. The molecule has 3 rings (SSSR count). The molecule has 8 nitrogen and oxygen atoms in total. The van der Waals surface area contributed by atoms with Crippen molar-refractivity contribution < 1.29 is 19.5 Å². The summed E-state index contributed by atoms with van der Waals surface area (Å²) in [7, 11) is 0. The topological polar surface area (TPSA) is 128 Å². The molecule has 2 amide bonds. The van der Waals surface area contributed by atoms with Crippen molar-refractivity contribution in [3.05, 3.63) is 64.1 Å². The molecule has 8 heteroatoms. The number of amides is 2. The fourth-order valence-electron chi connectivity index (χ4n) is 3.77. The van der Waals surface area contributed by atoms with Gasteiger partial charge in [0.1, 0.15) is 11.2 Å². The van der Waals surface area contributed by atoms with Gasteiger partial charge in [-0.25, -0.2) is 4.79 Å². The van der Waals surface area contributed by atoms with Crippen LogP contribution in [-0.4, -0.2) is 33.4 Å². The molecule has 1 aliphatic carbocycles. The van der Waals surface area contributed by atoms with Gasteiger partial charge in [0.15, 0.2) is 0 Å². The van der Waals surface area contributed by atoms with Gasteiger partial charge in [0.05, 0.1) is 0 Å². The number of rotatable bonds is 6. The van der Waals surface area contributed by atoms with Crippen molar-refractivity contribution in [3.8, 4) is 0 Å². The molecular formula is C23H27N3O5. The number of hydrogen-bond donors (Lipinski definition) is 4. The first-order valence-corrected chi connectivity index (χ1v) is 10.3. The number of carbonyl (C=O) groups is 3. The third-order valence-corrected chi connectivity index (χ3v) is 5.72. The average Bonchev–Trinajstić information content (AvgIpc) is 2.74. The maximum atomic E-state index is 12.4. The van der Waals surface area contributed by atoms with E-state index in [4.69, 9.17) is 0 Å². The molecule has 164 valence electrons. The molecule has 1 fully saturated rings. The molecule has 0 bridgehead atoms. The van der Waals surface area contributed by atoms with E-state index in [0.29, 0.717) is 24.4 Å². The molecule has 0 unspecified atom stereocenters. The number of H-pyrrole nitrogens is 1. The van der Waals surface area contributed by atoms with Gasteiger partial charge in [-0.1, -0.05) is 18.2 Å². The molecule has 0 atom stereocenters. The first-order valence-electron chi connectivity index (χ1n) is 10.3. The molecule has 0 aliphatic heterocycles. The molecular weight excluding hydrogens is 398 g/mol. The third-order valence-electron chi connectivity index (χ3n) is 5.72. The molecule has 1 heterocycles. The fourth-order valence-corrected chi connectivity index (χ4v) is 3.77. The first-order chi connectivity index (χ1) is 14.7. The van der Waals surface area contributed by atoms with Gasteiger partial charge in [-0.05, 0) is 69.2 Å². The van der Waals surface area contributed by atoms with Crippen LogP contribution in [0.25, 0.3) is 0 Å². The molecule has 1 aromatic heterocycles. The summed E-state index contributed by atoms with van der Waals surface area (Å²) in [6.07, 6.45) is 3.07. The summed E-state index contributed by atoms with van der Waals surface area (Å²) in [5.41, 5.74) is 0.345. The van der Waals surface area contributed by atoms with Crippen LogP contribution in [0.5, 0.6) is 0 Å². The monoisotopic (exact) mass is 425 g/mol. The molecule has 31 heavy (non-hydrogen) atoms. The Morgan fingerprint density at radius 3 is 2.23 bits per heavy atom. The van der Waals surface area contributed by atoms with Gasteiger partial charge in [-0.2, -0.15) is 0 Å². The number of carboxylic acid groups (broad SMARTS) is 1. The van der Waals surface area contributed by atoms with Crippen LogP contribution in [0.2, 0.25) is 0 Å². The Labute approximate surface area is 180 Å². The van der Waals surface area contributed by atoms with E-state index in [1.165, 1.54) is 32.0 Å². The van der Waals surface area contributed by atoms with E-state index in [1.54, 1.807) is 0 Å². The Balaban J connectivity index is 1.54. The lowest BCUT2D eigenvalue weighted by molar-refractivity contribution is -0.146. The summed E-state index contributed by atoms with van der Waals surface area (Å²) < 4.78 is 0. The normalized spacial score (nSPS) is 18.8. The van der Waals surface area contributed by atoms with Crippen LogP contribution in [0.15, 0.2) is 47.3 Å². The van der Waals surface area contributed by atoms with Crippen molar-refractivity contribution in [3.63, 3.8) is 0 Å². The number of carboxylic acids is 1. The van der Waals surface area contributed by atoms with Crippen molar-refractivity contribution in [2.75, 3.05) is 5.32 Å².